The predicted octanol–water partition coefficient (Wildman–Crippen LogP) is 1.87. The molecule has 144 valence electrons. The number of ether oxygens (including phenoxy) is 1. The molecule has 1 aliphatic heterocycles. The van der Waals surface area contributed by atoms with Crippen LogP contribution in [0.3, 0.4) is 0 Å². The lowest BCUT2D eigenvalue weighted by Gasteiger charge is -2.34. The van der Waals surface area contributed by atoms with Crippen LogP contribution in [0.4, 0.5) is 5.95 Å². The molecule has 0 radical (unpaired) electrons. The van der Waals surface area contributed by atoms with Crippen LogP contribution in [-0.2, 0) is 6.54 Å². The van der Waals surface area contributed by atoms with Crippen molar-refractivity contribution in [2.75, 3.05) is 44.7 Å². The molecule has 0 bridgehead atoms. The van der Waals surface area contributed by atoms with E-state index in [9.17, 15) is 4.79 Å². The molecule has 7 nitrogen and oxygen atoms in total. The molecule has 1 aromatic heterocycles. The minimum Gasteiger partial charge on any atom is -0.497 e. The quantitative estimate of drug-likeness (QED) is 0.838. The summed E-state index contributed by atoms with van der Waals surface area (Å²) in [4.78, 5) is 26.1. The molecule has 1 saturated heterocycles. The monoisotopic (exact) mass is 369 g/mol. The van der Waals surface area contributed by atoms with Crippen LogP contribution in [0.1, 0.15) is 28.5 Å². The number of rotatable bonds is 6. The summed E-state index contributed by atoms with van der Waals surface area (Å²) in [6.07, 6.45) is 1.63. The summed E-state index contributed by atoms with van der Waals surface area (Å²) in [6.45, 7) is 9.38. The van der Waals surface area contributed by atoms with Gasteiger partial charge in [-0.05, 0) is 31.2 Å². The number of carbonyl (C=O) groups is 1. The molecule has 0 atom stereocenters. The Bertz CT molecular complexity index is 788. The lowest BCUT2D eigenvalue weighted by atomic mass is 10.2. The molecular weight excluding hydrogens is 342 g/mol. The van der Waals surface area contributed by atoms with Crippen molar-refractivity contribution in [3.8, 4) is 5.75 Å². The molecular formula is C20H27N5O2. The number of nitrogens with one attached hydrogen (secondary N) is 1. The normalized spacial score (nSPS) is 14.9. The highest BCUT2D eigenvalue weighted by Gasteiger charge is 2.19. The van der Waals surface area contributed by atoms with Crippen molar-refractivity contribution in [3.63, 3.8) is 0 Å². The van der Waals surface area contributed by atoms with Gasteiger partial charge in [0.05, 0.1) is 18.4 Å². The molecule has 0 aliphatic carbocycles. The van der Waals surface area contributed by atoms with Gasteiger partial charge in [-0.3, -0.25) is 4.79 Å². The number of nitrogens with zero attached hydrogens (tertiary/aromatic N) is 4. The number of aryl methyl sites for hydroxylation is 1. The van der Waals surface area contributed by atoms with E-state index in [4.69, 9.17) is 4.74 Å². The van der Waals surface area contributed by atoms with Crippen LogP contribution in [0, 0.1) is 6.92 Å². The predicted molar refractivity (Wildman–Crippen MR) is 105 cm³/mol. The number of likely N-dealkylation sites (N-methyl/N-ethyl adjacent to an activating group) is 1. The molecule has 0 spiro atoms. The molecule has 1 amide bonds. The van der Waals surface area contributed by atoms with E-state index in [2.05, 4.69) is 32.0 Å². The van der Waals surface area contributed by atoms with Crippen LogP contribution in [-0.4, -0.2) is 60.6 Å². The lowest BCUT2D eigenvalue weighted by molar-refractivity contribution is 0.0949. The first-order valence-electron chi connectivity index (χ1n) is 9.32. The van der Waals surface area contributed by atoms with Crippen LogP contribution in [0.15, 0.2) is 30.5 Å². The first-order chi connectivity index (χ1) is 13.1. The fourth-order valence-electron chi connectivity index (χ4n) is 3.15. The standard InChI is InChI=1S/C20H27N5O2/c1-4-24-8-10-25(11-9-24)20-22-14-18(15(2)23-20)19(26)21-13-16-6-5-7-17(12-16)27-3/h5-7,12,14H,4,8-11,13H2,1-3H3,(H,21,26). The van der Waals surface area contributed by atoms with E-state index < -0.39 is 0 Å². The second-order valence-electron chi connectivity index (χ2n) is 6.62. The highest BCUT2D eigenvalue weighted by Crippen LogP contribution is 2.15. The molecule has 7 heteroatoms. The van der Waals surface area contributed by atoms with Gasteiger partial charge >= 0.3 is 0 Å². The van der Waals surface area contributed by atoms with Crippen molar-refractivity contribution in [1.82, 2.24) is 20.2 Å². The van der Waals surface area contributed by atoms with Crippen LogP contribution in [0.2, 0.25) is 0 Å². The Morgan fingerprint density at radius 2 is 2.04 bits per heavy atom. The van der Waals surface area contributed by atoms with Gasteiger partial charge in [0, 0.05) is 38.9 Å². The molecule has 2 aromatic rings. The third kappa shape index (κ3) is 4.74. The minimum absolute atomic E-state index is 0.169. The molecule has 2 heterocycles. The number of hydrogen-bond acceptors (Lipinski definition) is 6. The third-order valence-electron chi connectivity index (χ3n) is 4.90. The van der Waals surface area contributed by atoms with Gasteiger partial charge in [-0.2, -0.15) is 0 Å². The van der Waals surface area contributed by atoms with Crippen LogP contribution in [0.5, 0.6) is 5.75 Å². The molecule has 0 unspecified atom stereocenters. The van der Waals surface area contributed by atoms with Crippen molar-refractivity contribution >= 4 is 11.9 Å². The van der Waals surface area contributed by atoms with E-state index in [1.54, 1.807) is 13.3 Å². The van der Waals surface area contributed by atoms with Crippen LogP contribution < -0.4 is 15.0 Å². The summed E-state index contributed by atoms with van der Waals surface area (Å²) in [5.41, 5.74) is 2.18. The lowest BCUT2D eigenvalue weighted by Crippen LogP contribution is -2.46. The zero-order valence-electron chi connectivity index (χ0n) is 16.2. The second-order valence-corrected chi connectivity index (χ2v) is 6.62. The maximum Gasteiger partial charge on any atom is 0.254 e. The first-order valence-corrected chi connectivity index (χ1v) is 9.32. The number of anilines is 1. The van der Waals surface area contributed by atoms with Gasteiger partial charge in [0.25, 0.3) is 5.91 Å². The Morgan fingerprint density at radius 3 is 2.70 bits per heavy atom. The van der Waals surface area contributed by atoms with Gasteiger partial charge in [0.2, 0.25) is 5.95 Å². The minimum atomic E-state index is -0.169. The SMILES string of the molecule is CCN1CCN(c2ncc(C(=O)NCc3cccc(OC)c3)c(C)n2)CC1. The Hall–Kier alpha value is -2.67. The molecule has 3 rings (SSSR count). The van der Waals surface area contributed by atoms with Gasteiger partial charge in [-0.15, -0.1) is 0 Å². The summed E-state index contributed by atoms with van der Waals surface area (Å²) >= 11 is 0. The largest absolute Gasteiger partial charge is 0.497 e. The fourth-order valence-corrected chi connectivity index (χ4v) is 3.15. The van der Waals surface area contributed by atoms with E-state index in [0.29, 0.717) is 23.8 Å². The highest BCUT2D eigenvalue weighted by atomic mass is 16.5. The summed E-state index contributed by atoms with van der Waals surface area (Å²) < 4.78 is 5.21. The Morgan fingerprint density at radius 1 is 1.26 bits per heavy atom. The van der Waals surface area contributed by atoms with Gasteiger partial charge < -0.3 is 19.9 Å². The zero-order valence-corrected chi connectivity index (χ0v) is 16.2. The third-order valence-corrected chi connectivity index (χ3v) is 4.90. The van der Waals surface area contributed by atoms with Gasteiger partial charge in [0.15, 0.2) is 0 Å². The van der Waals surface area contributed by atoms with Crippen molar-refractivity contribution < 1.29 is 9.53 Å². The van der Waals surface area contributed by atoms with Gasteiger partial charge in [-0.25, -0.2) is 9.97 Å². The van der Waals surface area contributed by atoms with Crippen molar-refractivity contribution in [3.05, 3.63) is 47.3 Å². The average Bonchev–Trinajstić information content (AvgIpc) is 2.72. The number of piperazine rings is 1. The number of amides is 1. The summed E-state index contributed by atoms with van der Waals surface area (Å²) in [5.74, 6) is 1.30. The summed E-state index contributed by atoms with van der Waals surface area (Å²) in [7, 11) is 1.63. The summed E-state index contributed by atoms with van der Waals surface area (Å²) in [6, 6.07) is 7.64. The maximum absolute atomic E-state index is 12.5. The van der Waals surface area contributed by atoms with E-state index in [-0.39, 0.29) is 5.91 Å². The van der Waals surface area contributed by atoms with E-state index in [0.717, 1.165) is 44.0 Å². The number of methoxy groups -OCH3 is 1. The number of aromatic nitrogens is 2. The molecule has 0 saturated carbocycles. The molecule has 27 heavy (non-hydrogen) atoms. The van der Waals surface area contributed by atoms with Crippen LogP contribution in [0.25, 0.3) is 0 Å². The Kier molecular flexibility index (Phi) is 6.24. The van der Waals surface area contributed by atoms with Crippen molar-refractivity contribution in [2.24, 2.45) is 0 Å². The second kappa shape index (κ2) is 8.81. The smallest absolute Gasteiger partial charge is 0.254 e. The van der Waals surface area contributed by atoms with Crippen LogP contribution >= 0.6 is 0 Å². The van der Waals surface area contributed by atoms with Gasteiger partial charge in [-0.1, -0.05) is 19.1 Å². The summed E-state index contributed by atoms with van der Waals surface area (Å²) in [5, 5.41) is 2.93. The van der Waals surface area contributed by atoms with E-state index in [1.165, 1.54) is 0 Å². The van der Waals surface area contributed by atoms with E-state index in [1.807, 2.05) is 31.2 Å². The average molecular weight is 369 g/mol. The topological polar surface area (TPSA) is 70.6 Å². The Balaban J connectivity index is 1.62. The zero-order chi connectivity index (χ0) is 19.2. The number of hydrogen-bond donors (Lipinski definition) is 1. The van der Waals surface area contributed by atoms with Gasteiger partial charge in [0.1, 0.15) is 5.75 Å². The Labute approximate surface area is 160 Å². The molecule has 1 fully saturated rings. The molecule has 1 N–H and O–H groups in total. The highest BCUT2D eigenvalue weighted by molar-refractivity contribution is 5.94. The number of carbonyl (C=O) groups excluding carboxylic acids is 1. The maximum atomic E-state index is 12.5. The first kappa shape index (κ1) is 19.1. The fraction of sp³-hybridized carbons (Fsp3) is 0.450. The van der Waals surface area contributed by atoms with E-state index >= 15 is 0 Å². The molecule has 1 aliphatic rings. The van der Waals surface area contributed by atoms with Crippen molar-refractivity contribution in [1.29, 1.82) is 0 Å². The number of benzene rings is 1. The van der Waals surface area contributed by atoms with Crippen molar-refractivity contribution in [2.45, 2.75) is 20.4 Å². The molecule has 1 aromatic carbocycles.